The molecule has 148 valence electrons. The van der Waals surface area contributed by atoms with Gasteiger partial charge in [-0.25, -0.2) is 4.98 Å². The van der Waals surface area contributed by atoms with Gasteiger partial charge in [-0.1, -0.05) is 18.2 Å². The summed E-state index contributed by atoms with van der Waals surface area (Å²) in [4.78, 5) is 21.5. The van der Waals surface area contributed by atoms with E-state index in [0.29, 0.717) is 13.0 Å². The third kappa shape index (κ3) is 5.23. The number of aromatic nitrogens is 1. The Morgan fingerprint density at radius 3 is 2.63 bits per heavy atom. The Bertz CT molecular complexity index is 747. The van der Waals surface area contributed by atoms with Crippen molar-refractivity contribution in [3.05, 3.63) is 36.4 Å². The lowest BCUT2D eigenvalue weighted by molar-refractivity contribution is -0.132. The Morgan fingerprint density at radius 1 is 1.11 bits per heavy atom. The van der Waals surface area contributed by atoms with Crippen LogP contribution in [0.2, 0.25) is 0 Å². The van der Waals surface area contributed by atoms with E-state index in [9.17, 15) is 4.79 Å². The normalized spacial score (nSPS) is 19.9. The molecule has 0 spiro atoms. The minimum atomic E-state index is 0. The molecule has 1 atom stereocenters. The summed E-state index contributed by atoms with van der Waals surface area (Å²) in [5, 5.41) is 4.50. The summed E-state index contributed by atoms with van der Waals surface area (Å²) in [7, 11) is 0. The molecule has 0 bridgehead atoms. The van der Waals surface area contributed by atoms with Gasteiger partial charge in [-0.15, -0.1) is 24.8 Å². The largest absolute Gasteiger partial charge is 0.378 e. The number of pyridine rings is 1. The molecule has 27 heavy (non-hydrogen) atoms. The van der Waals surface area contributed by atoms with E-state index in [1.165, 1.54) is 0 Å². The van der Waals surface area contributed by atoms with E-state index in [2.05, 4.69) is 28.4 Å². The molecular formula is C19H26Cl2N4O2. The number of nitrogens with zero attached hydrogens (tertiary/aromatic N) is 3. The van der Waals surface area contributed by atoms with E-state index in [1.54, 1.807) is 0 Å². The van der Waals surface area contributed by atoms with Crippen LogP contribution in [0.15, 0.2) is 36.4 Å². The predicted octanol–water partition coefficient (Wildman–Crippen LogP) is 2.11. The number of anilines is 1. The van der Waals surface area contributed by atoms with Crippen molar-refractivity contribution in [3.8, 4) is 0 Å². The summed E-state index contributed by atoms with van der Waals surface area (Å²) in [6.07, 6.45) is 0.522. The van der Waals surface area contributed by atoms with Crippen LogP contribution in [0.25, 0.3) is 10.9 Å². The SMILES string of the molecule is Cl.Cl.O=C(CC1COCCN1)N1CCN(c2ccc3ccccc3n2)CC1. The second kappa shape index (κ2) is 10.1. The summed E-state index contributed by atoms with van der Waals surface area (Å²) in [5.41, 5.74) is 1.02. The Morgan fingerprint density at radius 2 is 1.89 bits per heavy atom. The van der Waals surface area contributed by atoms with Gasteiger partial charge in [0.2, 0.25) is 5.91 Å². The van der Waals surface area contributed by atoms with Crippen molar-refractivity contribution >= 4 is 47.4 Å². The number of carbonyl (C=O) groups is 1. The van der Waals surface area contributed by atoms with Gasteiger partial charge in [0, 0.05) is 50.6 Å². The second-order valence-corrected chi connectivity index (χ2v) is 6.66. The number of amides is 1. The Balaban J connectivity index is 0.00000131. The van der Waals surface area contributed by atoms with Gasteiger partial charge in [0.15, 0.2) is 0 Å². The van der Waals surface area contributed by atoms with Gasteiger partial charge in [0.1, 0.15) is 5.82 Å². The highest BCUT2D eigenvalue weighted by Crippen LogP contribution is 2.19. The first kappa shape index (κ1) is 21.7. The molecule has 1 aromatic heterocycles. The molecule has 0 aliphatic carbocycles. The number of nitrogens with one attached hydrogen (secondary N) is 1. The number of para-hydroxylation sites is 1. The van der Waals surface area contributed by atoms with Crippen LogP contribution in [0.4, 0.5) is 5.82 Å². The van der Waals surface area contributed by atoms with E-state index in [-0.39, 0.29) is 36.8 Å². The molecule has 2 aliphatic heterocycles. The fraction of sp³-hybridized carbons (Fsp3) is 0.474. The first-order chi connectivity index (χ1) is 12.3. The van der Waals surface area contributed by atoms with E-state index in [0.717, 1.165) is 56.1 Å². The maximum absolute atomic E-state index is 12.5. The highest BCUT2D eigenvalue weighted by Gasteiger charge is 2.25. The number of rotatable bonds is 3. The lowest BCUT2D eigenvalue weighted by Gasteiger charge is -2.36. The fourth-order valence-corrected chi connectivity index (χ4v) is 3.51. The molecule has 2 saturated heterocycles. The molecule has 0 radical (unpaired) electrons. The zero-order chi connectivity index (χ0) is 17.1. The van der Waals surface area contributed by atoms with Crippen LogP contribution < -0.4 is 10.2 Å². The number of halogens is 2. The molecule has 1 unspecified atom stereocenters. The average Bonchev–Trinajstić information content (AvgIpc) is 2.68. The molecular weight excluding hydrogens is 387 g/mol. The van der Waals surface area contributed by atoms with Crippen molar-refractivity contribution in [1.82, 2.24) is 15.2 Å². The summed E-state index contributed by atoms with van der Waals surface area (Å²) in [6.45, 7) is 5.35. The summed E-state index contributed by atoms with van der Waals surface area (Å²) >= 11 is 0. The highest BCUT2D eigenvalue weighted by molar-refractivity contribution is 5.85. The number of carbonyl (C=O) groups excluding carboxylic acids is 1. The minimum Gasteiger partial charge on any atom is -0.378 e. The number of piperazine rings is 1. The van der Waals surface area contributed by atoms with Gasteiger partial charge < -0.3 is 19.9 Å². The minimum absolute atomic E-state index is 0. The zero-order valence-electron chi connectivity index (χ0n) is 15.2. The molecule has 6 nitrogen and oxygen atoms in total. The van der Waals surface area contributed by atoms with E-state index in [4.69, 9.17) is 9.72 Å². The van der Waals surface area contributed by atoms with Crippen LogP contribution in [0.5, 0.6) is 0 Å². The van der Waals surface area contributed by atoms with Crippen LogP contribution in [-0.4, -0.2) is 67.8 Å². The van der Waals surface area contributed by atoms with Gasteiger partial charge in [-0.3, -0.25) is 4.79 Å². The zero-order valence-corrected chi connectivity index (χ0v) is 16.8. The van der Waals surface area contributed by atoms with E-state index < -0.39 is 0 Å². The van der Waals surface area contributed by atoms with Crippen molar-refractivity contribution in [3.63, 3.8) is 0 Å². The van der Waals surface area contributed by atoms with Crippen LogP contribution in [0.1, 0.15) is 6.42 Å². The third-order valence-electron chi connectivity index (χ3n) is 4.96. The monoisotopic (exact) mass is 412 g/mol. The number of hydrogen-bond donors (Lipinski definition) is 1. The van der Waals surface area contributed by atoms with Crippen molar-refractivity contribution < 1.29 is 9.53 Å². The van der Waals surface area contributed by atoms with Crippen LogP contribution >= 0.6 is 24.8 Å². The lowest BCUT2D eigenvalue weighted by atomic mass is 10.1. The van der Waals surface area contributed by atoms with Crippen molar-refractivity contribution in [2.24, 2.45) is 0 Å². The van der Waals surface area contributed by atoms with Gasteiger partial charge in [-0.2, -0.15) is 0 Å². The number of fused-ring (bicyclic) bond motifs is 1. The molecule has 2 fully saturated rings. The quantitative estimate of drug-likeness (QED) is 0.836. The molecule has 2 aliphatic rings. The molecule has 1 aromatic carbocycles. The standard InChI is InChI=1S/C19H24N4O2.2ClH/c24-19(13-16-14-25-12-7-20-16)23-10-8-22(9-11-23)18-6-5-15-3-1-2-4-17(15)21-18;;/h1-6,16,20H,7-14H2;2*1H. The highest BCUT2D eigenvalue weighted by atomic mass is 35.5. The molecule has 3 heterocycles. The maximum Gasteiger partial charge on any atom is 0.224 e. The lowest BCUT2D eigenvalue weighted by Crippen LogP contribution is -2.51. The van der Waals surface area contributed by atoms with Gasteiger partial charge >= 0.3 is 0 Å². The average molecular weight is 413 g/mol. The van der Waals surface area contributed by atoms with Crippen molar-refractivity contribution in [1.29, 1.82) is 0 Å². The summed E-state index contributed by atoms with van der Waals surface area (Å²) < 4.78 is 5.43. The van der Waals surface area contributed by atoms with Crippen molar-refractivity contribution in [2.75, 3.05) is 50.8 Å². The van der Waals surface area contributed by atoms with Crippen LogP contribution in [-0.2, 0) is 9.53 Å². The van der Waals surface area contributed by atoms with Crippen LogP contribution in [0.3, 0.4) is 0 Å². The van der Waals surface area contributed by atoms with Crippen molar-refractivity contribution in [2.45, 2.75) is 12.5 Å². The summed E-state index contributed by atoms with van der Waals surface area (Å²) in [5.74, 6) is 1.21. The van der Waals surface area contributed by atoms with Gasteiger partial charge in [-0.05, 0) is 18.2 Å². The number of ether oxygens (including phenoxy) is 1. The molecule has 4 rings (SSSR count). The van der Waals surface area contributed by atoms with E-state index in [1.807, 2.05) is 23.1 Å². The molecule has 1 amide bonds. The fourth-order valence-electron chi connectivity index (χ4n) is 3.51. The van der Waals surface area contributed by atoms with E-state index >= 15 is 0 Å². The number of benzene rings is 1. The molecule has 8 heteroatoms. The predicted molar refractivity (Wildman–Crippen MR) is 112 cm³/mol. The maximum atomic E-state index is 12.5. The first-order valence-corrected chi connectivity index (χ1v) is 8.99. The second-order valence-electron chi connectivity index (χ2n) is 6.66. The van der Waals surface area contributed by atoms with Crippen LogP contribution in [0, 0.1) is 0 Å². The number of hydrogen-bond acceptors (Lipinski definition) is 5. The smallest absolute Gasteiger partial charge is 0.224 e. The topological polar surface area (TPSA) is 57.7 Å². The third-order valence-corrected chi connectivity index (χ3v) is 4.96. The molecule has 0 saturated carbocycles. The molecule has 2 aromatic rings. The van der Waals surface area contributed by atoms with Gasteiger partial charge in [0.25, 0.3) is 0 Å². The van der Waals surface area contributed by atoms with Gasteiger partial charge in [0.05, 0.1) is 18.7 Å². The number of morpholine rings is 1. The Kier molecular flexibility index (Phi) is 8.10. The summed E-state index contributed by atoms with van der Waals surface area (Å²) in [6, 6.07) is 12.5. The first-order valence-electron chi connectivity index (χ1n) is 8.99. The Labute approximate surface area is 172 Å². The Hall–Kier alpha value is -1.60. The molecule has 1 N–H and O–H groups in total.